The molecule has 6 heteroatoms. The van der Waals surface area contributed by atoms with Crippen LogP contribution in [0.1, 0.15) is 21.5 Å². The molecule has 0 radical (unpaired) electrons. The quantitative estimate of drug-likeness (QED) is 0.582. The first-order valence-electron chi connectivity index (χ1n) is 3.89. The van der Waals surface area contributed by atoms with Crippen LogP contribution in [0.4, 0.5) is 5.69 Å². The number of carboxylic acid groups (broad SMARTS) is 1. The third-order valence-electron chi connectivity index (χ3n) is 1.87. The van der Waals surface area contributed by atoms with Crippen molar-refractivity contribution >= 4 is 11.7 Å². The van der Waals surface area contributed by atoms with Crippen LogP contribution in [0.25, 0.3) is 0 Å². The molecule has 1 aromatic carbocycles. The van der Waals surface area contributed by atoms with Crippen LogP contribution in [-0.4, -0.2) is 16.0 Å². The third kappa shape index (κ3) is 1.91. The second-order valence-electron chi connectivity index (χ2n) is 2.86. The summed E-state index contributed by atoms with van der Waals surface area (Å²) < 4.78 is 0. The number of rotatable bonds is 2. The molecule has 0 atom stereocenters. The topological polar surface area (TPSA) is 104 Å². The zero-order valence-corrected chi connectivity index (χ0v) is 7.72. The van der Waals surface area contributed by atoms with Gasteiger partial charge in [0.25, 0.3) is 5.69 Å². The number of nitro benzene ring substituents is 1. The largest absolute Gasteiger partial charge is 0.478 e. The summed E-state index contributed by atoms with van der Waals surface area (Å²) in [6, 6.07) is 3.79. The second-order valence-corrected chi connectivity index (χ2v) is 2.86. The summed E-state index contributed by atoms with van der Waals surface area (Å²) in [6.07, 6.45) is 0. The first-order valence-corrected chi connectivity index (χ1v) is 3.89. The van der Waals surface area contributed by atoms with E-state index in [0.29, 0.717) is 0 Å². The smallest absolute Gasteiger partial charge is 0.335 e. The molecule has 1 N–H and O–H groups in total. The zero-order chi connectivity index (χ0) is 11.6. The number of nitro groups is 1. The van der Waals surface area contributed by atoms with E-state index in [1.807, 2.05) is 0 Å². The van der Waals surface area contributed by atoms with Crippen molar-refractivity contribution in [2.24, 2.45) is 0 Å². The fraction of sp³-hybridized carbons (Fsp3) is 0.111. The van der Waals surface area contributed by atoms with Crippen LogP contribution >= 0.6 is 0 Å². The van der Waals surface area contributed by atoms with Gasteiger partial charge in [0.1, 0.15) is 11.6 Å². The minimum atomic E-state index is -1.26. The van der Waals surface area contributed by atoms with Crippen LogP contribution in [0.15, 0.2) is 12.1 Å². The Balaban J connectivity index is 3.54. The molecule has 76 valence electrons. The van der Waals surface area contributed by atoms with E-state index < -0.39 is 16.6 Å². The first kappa shape index (κ1) is 10.7. The minimum Gasteiger partial charge on any atom is -0.478 e. The highest BCUT2D eigenvalue weighted by Crippen LogP contribution is 2.23. The van der Waals surface area contributed by atoms with Gasteiger partial charge in [0.2, 0.25) is 0 Å². The van der Waals surface area contributed by atoms with Crippen molar-refractivity contribution in [2.45, 2.75) is 6.92 Å². The van der Waals surface area contributed by atoms with Gasteiger partial charge >= 0.3 is 5.97 Å². The van der Waals surface area contributed by atoms with Crippen LogP contribution < -0.4 is 0 Å². The van der Waals surface area contributed by atoms with Crippen LogP contribution in [0, 0.1) is 28.4 Å². The van der Waals surface area contributed by atoms with Crippen molar-refractivity contribution in [3.8, 4) is 6.07 Å². The zero-order valence-electron chi connectivity index (χ0n) is 7.72. The maximum absolute atomic E-state index is 10.6. The Morgan fingerprint density at radius 1 is 1.60 bits per heavy atom. The van der Waals surface area contributed by atoms with Gasteiger partial charge in [0.15, 0.2) is 0 Å². The number of aryl methyl sites for hydroxylation is 1. The van der Waals surface area contributed by atoms with Gasteiger partial charge in [-0.3, -0.25) is 10.1 Å². The van der Waals surface area contributed by atoms with Crippen LogP contribution in [0.2, 0.25) is 0 Å². The number of hydrogen-bond donors (Lipinski definition) is 1. The number of nitriles is 1. The predicted molar refractivity (Wildman–Crippen MR) is 49.5 cm³/mol. The van der Waals surface area contributed by atoms with E-state index in [2.05, 4.69) is 0 Å². The minimum absolute atomic E-state index is 0.106. The second kappa shape index (κ2) is 3.75. The number of hydrogen-bond acceptors (Lipinski definition) is 4. The van der Waals surface area contributed by atoms with E-state index in [1.54, 1.807) is 6.07 Å². The molecule has 0 aliphatic carbocycles. The van der Waals surface area contributed by atoms with E-state index in [4.69, 9.17) is 10.4 Å². The monoisotopic (exact) mass is 206 g/mol. The van der Waals surface area contributed by atoms with Gasteiger partial charge < -0.3 is 5.11 Å². The Kier molecular flexibility index (Phi) is 2.67. The molecule has 0 bridgehead atoms. The molecular weight excluding hydrogens is 200 g/mol. The molecule has 0 unspecified atom stereocenters. The highest BCUT2D eigenvalue weighted by atomic mass is 16.6. The van der Waals surface area contributed by atoms with Crippen LogP contribution in [0.3, 0.4) is 0 Å². The molecule has 15 heavy (non-hydrogen) atoms. The van der Waals surface area contributed by atoms with E-state index in [-0.39, 0.29) is 16.7 Å². The van der Waals surface area contributed by atoms with Crippen molar-refractivity contribution < 1.29 is 14.8 Å². The molecule has 0 aromatic heterocycles. The summed E-state index contributed by atoms with van der Waals surface area (Å²) >= 11 is 0. The van der Waals surface area contributed by atoms with Crippen molar-refractivity contribution in [1.29, 1.82) is 5.26 Å². The maximum Gasteiger partial charge on any atom is 0.335 e. The van der Waals surface area contributed by atoms with Crippen LogP contribution in [0.5, 0.6) is 0 Å². The Bertz CT molecular complexity index is 488. The molecule has 6 nitrogen and oxygen atoms in total. The molecule has 0 heterocycles. The molecule has 1 rings (SSSR count). The van der Waals surface area contributed by atoms with Crippen molar-refractivity contribution in [1.82, 2.24) is 0 Å². The molecule has 0 aliphatic heterocycles. The van der Waals surface area contributed by atoms with E-state index in [0.717, 1.165) is 6.07 Å². The molecule has 0 fully saturated rings. The van der Waals surface area contributed by atoms with Gasteiger partial charge in [-0.05, 0) is 18.6 Å². The highest BCUT2D eigenvalue weighted by molar-refractivity contribution is 5.89. The molecule has 0 saturated carbocycles. The molecule has 0 aliphatic rings. The van der Waals surface area contributed by atoms with Gasteiger partial charge in [-0.15, -0.1) is 0 Å². The first-order chi connectivity index (χ1) is 6.97. The lowest BCUT2D eigenvalue weighted by atomic mass is 10.0. The SMILES string of the molecule is Cc1cc(C(=O)O)cc([N+](=O)[O-])c1C#N. The van der Waals surface area contributed by atoms with Gasteiger partial charge in [0, 0.05) is 6.07 Å². The third-order valence-corrected chi connectivity index (χ3v) is 1.87. The summed E-state index contributed by atoms with van der Waals surface area (Å²) in [7, 11) is 0. The molecular formula is C9H6N2O4. The van der Waals surface area contributed by atoms with E-state index in [9.17, 15) is 14.9 Å². The number of benzene rings is 1. The molecule has 0 spiro atoms. The van der Waals surface area contributed by atoms with Crippen LogP contribution in [-0.2, 0) is 0 Å². The summed E-state index contributed by atoms with van der Waals surface area (Å²) in [6.45, 7) is 1.46. The lowest BCUT2D eigenvalue weighted by Crippen LogP contribution is -2.02. The van der Waals surface area contributed by atoms with Crippen molar-refractivity contribution in [3.63, 3.8) is 0 Å². The summed E-state index contributed by atoms with van der Waals surface area (Å²) in [5.41, 5.74) is -0.498. The number of carboxylic acids is 1. The number of carbonyl (C=O) groups is 1. The van der Waals surface area contributed by atoms with E-state index in [1.165, 1.54) is 13.0 Å². The summed E-state index contributed by atoms with van der Waals surface area (Å²) in [5, 5.41) is 27.9. The fourth-order valence-electron chi connectivity index (χ4n) is 1.18. The lowest BCUT2D eigenvalue weighted by Gasteiger charge is -2.01. The molecule has 1 aromatic rings. The summed E-state index contributed by atoms with van der Waals surface area (Å²) in [5.74, 6) is -1.26. The highest BCUT2D eigenvalue weighted by Gasteiger charge is 2.19. The van der Waals surface area contributed by atoms with E-state index >= 15 is 0 Å². The Morgan fingerprint density at radius 3 is 2.60 bits per heavy atom. The molecule has 0 amide bonds. The van der Waals surface area contributed by atoms with Gasteiger partial charge in [-0.25, -0.2) is 4.79 Å². The average molecular weight is 206 g/mol. The van der Waals surface area contributed by atoms with Gasteiger partial charge in [0.05, 0.1) is 10.5 Å². The van der Waals surface area contributed by atoms with Crippen molar-refractivity contribution in [3.05, 3.63) is 38.9 Å². The lowest BCUT2D eigenvalue weighted by molar-refractivity contribution is -0.385. The fourth-order valence-corrected chi connectivity index (χ4v) is 1.18. The normalized spacial score (nSPS) is 9.33. The predicted octanol–water partition coefficient (Wildman–Crippen LogP) is 1.47. The average Bonchev–Trinajstić information content (AvgIpc) is 2.16. The maximum atomic E-state index is 10.6. The summed E-state index contributed by atoms with van der Waals surface area (Å²) in [4.78, 5) is 20.4. The number of aromatic carboxylic acids is 1. The Hall–Kier alpha value is -2.42. The van der Waals surface area contributed by atoms with Gasteiger partial charge in [-0.1, -0.05) is 0 Å². The van der Waals surface area contributed by atoms with Gasteiger partial charge in [-0.2, -0.15) is 5.26 Å². The Labute approximate surface area is 84.5 Å². The Morgan fingerprint density at radius 2 is 2.20 bits per heavy atom. The van der Waals surface area contributed by atoms with Crippen molar-refractivity contribution in [2.75, 3.05) is 0 Å². The standard InChI is InChI=1S/C9H6N2O4/c1-5-2-6(9(12)13)3-8(11(14)15)7(5)4-10/h2-3H,1H3,(H,12,13). The number of nitrogens with zero attached hydrogens (tertiary/aromatic N) is 2. The molecule has 0 saturated heterocycles.